The predicted octanol–water partition coefficient (Wildman–Crippen LogP) is 5.69. The van der Waals surface area contributed by atoms with E-state index in [0.29, 0.717) is 29.5 Å². The van der Waals surface area contributed by atoms with Crippen LogP contribution in [0.5, 0.6) is 5.75 Å². The second-order valence-electron chi connectivity index (χ2n) is 8.29. The molecule has 4 aromatic rings. The van der Waals surface area contributed by atoms with Gasteiger partial charge in [-0.2, -0.15) is 0 Å². The first-order chi connectivity index (χ1) is 16.3. The summed E-state index contributed by atoms with van der Waals surface area (Å²) in [5, 5.41) is 4.56. The number of anilines is 1. The van der Waals surface area contributed by atoms with Crippen LogP contribution in [0.15, 0.2) is 71.5 Å². The third-order valence-corrected chi connectivity index (χ3v) is 6.17. The van der Waals surface area contributed by atoms with E-state index in [4.69, 9.17) is 17.0 Å². The number of rotatable bonds is 6. The Morgan fingerprint density at radius 3 is 2.35 bits per heavy atom. The number of hydrogen-bond acceptors (Lipinski definition) is 3. The minimum Gasteiger partial charge on any atom is -0.497 e. The molecule has 0 aliphatic carbocycles. The fourth-order valence-electron chi connectivity index (χ4n) is 3.73. The second-order valence-corrected chi connectivity index (χ2v) is 8.68. The highest BCUT2D eigenvalue weighted by molar-refractivity contribution is 7.80. The van der Waals surface area contributed by atoms with Gasteiger partial charge < -0.3 is 19.9 Å². The Hall–Kier alpha value is -3.71. The summed E-state index contributed by atoms with van der Waals surface area (Å²) in [4.78, 5) is 17.8. The average Bonchev–Trinajstić information content (AvgIpc) is 2.82. The number of pyridine rings is 1. The van der Waals surface area contributed by atoms with Crippen molar-refractivity contribution < 1.29 is 9.13 Å². The van der Waals surface area contributed by atoms with Crippen molar-refractivity contribution in [2.75, 3.05) is 12.4 Å². The summed E-state index contributed by atoms with van der Waals surface area (Å²) >= 11 is 5.70. The van der Waals surface area contributed by atoms with Crippen molar-refractivity contribution in [1.82, 2.24) is 9.88 Å². The van der Waals surface area contributed by atoms with Crippen LogP contribution in [-0.4, -0.2) is 22.1 Å². The molecule has 3 aromatic carbocycles. The maximum Gasteiger partial charge on any atom is 0.253 e. The van der Waals surface area contributed by atoms with Gasteiger partial charge >= 0.3 is 0 Å². The first-order valence-electron chi connectivity index (χ1n) is 10.9. The van der Waals surface area contributed by atoms with Crippen LogP contribution in [0.1, 0.15) is 22.3 Å². The summed E-state index contributed by atoms with van der Waals surface area (Å²) in [5.74, 6) is 0.443. The molecule has 0 saturated carbocycles. The van der Waals surface area contributed by atoms with E-state index < -0.39 is 0 Å². The lowest BCUT2D eigenvalue weighted by atomic mass is 10.0. The Morgan fingerprint density at radius 2 is 1.68 bits per heavy atom. The fraction of sp³-hybridized carbons (Fsp3) is 0.185. The molecule has 34 heavy (non-hydrogen) atoms. The highest BCUT2D eigenvalue weighted by Crippen LogP contribution is 2.20. The predicted molar refractivity (Wildman–Crippen MR) is 139 cm³/mol. The van der Waals surface area contributed by atoms with Crippen LogP contribution in [0.25, 0.3) is 10.9 Å². The first kappa shape index (κ1) is 23.4. The molecule has 0 aliphatic rings. The molecular formula is C27H26FN3O2S. The van der Waals surface area contributed by atoms with Gasteiger partial charge in [-0.3, -0.25) is 4.79 Å². The van der Waals surface area contributed by atoms with Crippen LogP contribution in [0, 0.1) is 19.7 Å². The van der Waals surface area contributed by atoms with Gasteiger partial charge in [0.05, 0.1) is 13.7 Å². The monoisotopic (exact) mass is 475 g/mol. The van der Waals surface area contributed by atoms with Gasteiger partial charge in [0.1, 0.15) is 11.6 Å². The summed E-state index contributed by atoms with van der Waals surface area (Å²) < 4.78 is 18.6. The third-order valence-electron chi connectivity index (χ3n) is 5.81. The largest absolute Gasteiger partial charge is 0.497 e. The van der Waals surface area contributed by atoms with Crippen LogP contribution in [0.3, 0.4) is 0 Å². The van der Waals surface area contributed by atoms with Gasteiger partial charge in [0.25, 0.3) is 5.56 Å². The van der Waals surface area contributed by atoms with Gasteiger partial charge in [0.15, 0.2) is 5.11 Å². The molecular weight excluding hydrogens is 449 g/mol. The number of methoxy groups -OCH3 is 1. The highest BCUT2D eigenvalue weighted by atomic mass is 32.1. The molecule has 174 valence electrons. The summed E-state index contributed by atoms with van der Waals surface area (Å²) in [6.07, 6.45) is 0. The second kappa shape index (κ2) is 10.1. The molecule has 0 unspecified atom stereocenters. The minimum absolute atomic E-state index is 0.153. The molecule has 2 N–H and O–H groups in total. The Balaban J connectivity index is 1.65. The lowest BCUT2D eigenvalue weighted by Gasteiger charge is -2.26. The van der Waals surface area contributed by atoms with Crippen molar-refractivity contribution in [2.24, 2.45) is 0 Å². The Bertz CT molecular complexity index is 1380. The number of aromatic amines is 1. The number of thiocarbonyl (C=S) groups is 1. The van der Waals surface area contributed by atoms with Crippen LogP contribution in [0.2, 0.25) is 0 Å². The van der Waals surface area contributed by atoms with E-state index in [1.54, 1.807) is 19.2 Å². The molecule has 0 saturated heterocycles. The quantitative estimate of drug-likeness (QED) is 0.351. The Morgan fingerprint density at radius 1 is 1.00 bits per heavy atom. The van der Waals surface area contributed by atoms with Crippen LogP contribution in [-0.2, 0) is 13.1 Å². The fourth-order valence-corrected chi connectivity index (χ4v) is 3.98. The Kier molecular flexibility index (Phi) is 6.93. The van der Waals surface area contributed by atoms with Gasteiger partial charge in [0, 0.05) is 23.3 Å². The van der Waals surface area contributed by atoms with Crippen LogP contribution >= 0.6 is 12.2 Å². The summed E-state index contributed by atoms with van der Waals surface area (Å²) in [7, 11) is 1.62. The summed E-state index contributed by atoms with van der Waals surface area (Å²) in [6, 6.07) is 19.7. The number of nitrogens with one attached hydrogen (secondary N) is 2. The van der Waals surface area contributed by atoms with Gasteiger partial charge in [-0.25, -0.2) is 4.39 Å². The molecule has 7 heteroatoms. The van der Waals surface area contributed by atoms with Crippen molar-refractivity contribution in [3.8, 4) is 5.75 Å². The number of aromatic nitrogens is 1. The number of H-pyrrole nitrogens is 1. The maximum atomic E-state index is 13.3. The number of fused-ring (bicyclic) bond motifs is 1. The maximum absolute atomic E-state index is 13.3. The van der Waals surface area contributed by atoms with E-state index in [0.717, 1.165) is 33.3 Å². The normalized spacial score (nSPS) is 10.8. The molecule has 0 fully saturated rings. The SMILES string of the molecule is COc1ccc(CN(Cc2cc3cc(C)c(C)cc3[nH]c2=O)C(=S)Nc2ccc(F)cc2)cc1. The first-order valence-corrected chi connectivity index (χ1v) is 11.3. The lowest BCUT2D eigenvalue weighted by Crippen LogP contribution is -2.35. The Labute approximate surface area is 203 Å². The minimum atomic E-state index is -0.320. The number of halogens is 1. The van der Waals surface area contributed by atoms with Crippen molar-refractivity contribution in [3.63, 3.8) is 0 Å². The van der Waals surface area contributed by atoms with Crippen molar-refractivity contribution >= 4 is 33.9 Å². The van der Waals surface area contributed by atoms with Crippen LogP contribution < -0.4 is 15.6 Å². The molecule has 0 atom stereocenters. The van der Waals surface area contributed by atoms with E-state index >= 15 is 0 Å². The summed E-state index contributed by atoms with van der Waals surface area (Å²) in [5.41, 5.74) is 5.23. The average molecular weight is 476 g/mol. The van der Waals surface area contributed by atoms with Crippen LogP contribution in [0.4, 0.5) is 10.1 Å². The van der Waals surface area contributed by atoms with E-state index in [9.17, 15) is 9.18 Å². The molecule has 1 heterocycles. The summed E-state index contributed by atoms with van der Waals surface area (Å²) in [6.45, 7) is 4.85. The van der Waals surface area contributed by atoms with E-state index in [1.807, 2.05) is 48.2 Å². The number of aryl methyl sites for hydroxylation is 2. The number of benzene rings is 3. The van der Waals surface area contributed by atoms with E-state index in [2.05, 4.69) is 23.3 Å². The van der Waals surface area contributed by atoms with Crippen molar-refractivity contribution in [3.05, 3.63) is 105 Å². The molecule has 0 radical (unpaired) electrons. The molecule has 1 aromatic heterocycles. The standard InChI is InChI=1S/C27H26FN3O2S/c1-17-12-20-14-21(26(32)30-25(20)13-18(17)2)16-31(15-19-4-10-24(33-3)11-5-19)27(34)29-23-8-6-22(28)7-9-23/h4-14H,15-16H2,1-3H3,(H,29,34)(H,30,32). The van der Waals surface area contributed by atoms with Crippen molar-refractivity contribution in [1.29, 1.82) is 0 Å². The van der Waals surface area contributed by atoms with E-state index in [-0.39, 0.29) is 11.4 Å². The molecule has 4 rings (SSSR count). The molecule has 0 amide bonds. The molecule has 0 bridgehead atoms. The van der Waals surface area contributed by atoms with Crippen molar-refractivity contribution in [2.45, 2.75) is 26.9 Å². The van der Waals surface area contributed by atoms with Gasteiger partial charge in [-0.15, -0.1) is 0 Å². The zero-order chi connectivity index (χ0) is 24.2. The number of nitrogens with zero attached hydrogens (tertiary/aromatic N) is 1. The zero-order valence-corrected chi connectivity index (χ0v) is 20.1. The topological polar surface area (TPSA) is 57.4 Å². The van der Waals surface area contributed by atoms with Gasteiger partial charge in [-0.1, -0.05) is 12.1 Å². The lowest BCUT2D eigenvalue weighted by molar-refractivity contribution is 0.406. The molecule has 0 spiro atoms. The number of ether oxygens (including phenoxy) is 1. The molecule has 0 aliphatic heterocycles. The van der Waals surface area contributed by atoms with Gasteiger partial charge in [-0.05, 0) is 103 Å². The number of hydrogen-bond donors (Lipinski definition) is 2. The third kappa shape index (κ3) is 5.43. The van der Waals surface area contributed by atoms with E-state index in [1.165, 1.54) is 12.1 Å². The molecule has 5 nitrogen and oxygen atoms in total. The zero-order valence-electron chi connectivity index (χ0n) is 19.3. The highest BCUT2D eigenvalue weighted by Gasteiger charge is 2.15. The van der Waals surface area contributed by atoms with Gasteiger partial charge in [0.2, 0.25) is 0 Å². The smallest absolute Gasteiger partial charge is 0.253 e.